The number of phosphoric acid groups is 1. The molecule has 0 aromatic heterocycles. The molecule has 0 aliphatic heterocycles. The van der Waals surface area contributed by atoms with E-state index in [1.807, 2.05) is 39.4 Å². The Morgan fingerprint density at radius 1 is 0.661 bits per heavy atom. The maximum absolute atomic E-state index is 12.6. The Morgan fingerprint density at radius 2 is 1.21 bits per heavy atom. The van der Waals surface area contributed by atoms with Crippen LogP contribution >= 0.6 is 7.82 Å². The summed E-state index contributed by atoms with van der Waals surface area (Å²) in [5.41, 5.74) is 0. The lowest BCUT2D eigenvalue weighted by molar-refractivity contribution is -0.870. The summed E-state index contributed by atoms with van der Waals surface area (Å²) in [6.45, 7) is 4.02. The van der Waals surface area contributed by atoms with Crippen molar-refractivity contribution in [2.24, 2.45) is 0 Å². The van der Waals surface area contributed by atoms with Crippen LogP contribution in [0.5, 0.6) is 0 Å². The zero-order valence-corrected chi connectivity index (χ0v) is 37.1. The number of likely N-dealkylation sites (N-methyl/N-ethyl adjacent to an activating group) is 1. The van der Waals surface area contributed by atoms with E-state index >= 15 is 0 Å². The van der Waals surface area contributed by atoms with E-state index in [0.29, 0.717) is 36.7 Å². The number of aliphatic hydroxyl groups excluding tert-OH is 1. The quantitative estimate of drug-likeness (QED) is 0.0161. The molecule has 0 rings (SSSR count). The van der Waals surface area contributed by atoms with E-state index in [-0.39, 0.29) is 26.1 Å². The average molecular weight is 812 g/mol. The summed E-state index contributed by atoms with van der Waals surface area (Å²) in [5.74, 6) is -0.964. The van der Waals surface area contributed by atoms with Crippen molar-refractivity contribution >= 4 is 19.8 Å². The minimum atomic E-state index is -4.66. The molecule has 0 aliphatic rings. The topological polar surface area (TPSA) is 131 Å². The highest BCUT2D eigenvalue weighted by atomic mass is 31.2. The molecule has 326 valence electrons. The molecule has 0 spiro atoms. The summed E-state index contributed by atoms with van der Waals surface area (Å²) in [6.07, 6.45) is 38.8. The van der Waals surface area contributed by atoms with Gasteiger partial charge in [0.2, 0.25) is 0 Å². The Hall–Kier alpha value is -2.07. The largest absolute Gasteiger partial charge is 0.756 e. The first-order chi connectivity index (χ1) is 26.9. The standard InChI is InChI=1S/C45H82NO9P/c1-6-8-10-12-14-16-17-18-19-20-22-24-28-32-36-44(48)52-40-43(41-54-56(50,51)53-39-38-46(3,4)5)55-45(49)37-33-29-25-27-31-35-42(47)34-30-26-23-21-15-13-11-9-7-2/h15,21,25-27,30-31,35,42-43,47H,6-14,16-20,22-24,28-29,32-34,36-41H2,1-5H3/b21-15-,27-25+,30-26-,35-31-/t42?,43-/m1/s1. The van der Waals surface area contributed by atoms with E-state index in [0.717, 1.165) is 32.1 Å². The van der Waals surface area contributed by atoms with Crippen molar-refractivity contribution in [1.82, 2.24) is 0 Å². The zero-order chi connectivity index (χ0) is 41.6. The van der Waals surface area contributed by atoms with Gasteiger partial charge in [-0.05, 0) is 44.9 Å². The van der Waals surface area contributed by atoms with Gasteiger partial charge in [0, 0.05) is 12.8 Å². The molecule has 0 aromatic carbocycles. The smallest absolute Gasteiger partial charge is 0.306 e. The van der Waals surface area contributed by atoms with Crippen LogP contribution in [-0.2, 0) is 32.7 Å². The van der Waals surface area contributed by atoms with E-state index in [1.165, 1.54) is 83.5 Å². The lowest BCUT2D eigenvalue weighted by Gasteiger charge is -2.28. The molecule has 0 heterocycles. The van der Waals surface area contributed by atoms with Gasteiger partial charge in [-0.15, -0.1) is 0 Å². The Kier molecular flexibility index (Phi) is 35.8. The third kappa shape index (κ3) is 40.1. The highest BCUT2D eigenvalue weighted by Gasteiger charge is 2.21. The molecule has 56 heavy (non-hydrogen) atoms. The van der Waals surface area contributed by atoms with Crippen LogP contribution in [0.1, 0.15) is 168 Å². The van der Waals surface area contributed by atoms with Crippen LogP contribution in [0.25, 0.3) is 0 Å². The van der Waals surface area contributed by atoms with Gasteiger partial charge < -0.3 is 33.0 Å². The molecule has 0 saturated heterocycles. The van der Waals surface area contributed by atoms with Crippen molar-refractivity contribution < 1.29 is 47.2 Å². The van der Waals surface area contributed by atoms with Crippen LogP contribution in [0.2, 0.25) is 0 Å². The first-order valence-electron chi connectivity index (χ1n) is 22.0. The van der Waals surface area contributed by atoms with Gasteiger partial charge in [0.15, 0.2) is 6.10 Å². The second kappa shape index (κ2) is 37.2. The Labute approximate surface area is 342 Å². The molecule has 10 nitrogen and oxygen atoms in total. The molecule has 3 atom stereocenters. The summed E-state index contributed by atoms with van der Waals surface area (Å²) >= 11 is 0. The molecule has 0 aliphatic carbocycles. The molecular formula is C45H82NO9P. The van der Waals surface area contributed by atoms with Crippen molar-refractivity contribution in [2.45, 2.75) is 180 Å². The van der Waals surface area contributed by atoms with Gasteiger partial charge in [-0.1, -0.05) is 159 Å². The number of carbonyl (C=O) groups is 2. The maximum atomic E-state index is 12.6. The summed E-state index contributed by atoms with van der Waals surface area (Å²) in [5, 5.41) is 10.1. The molecule has 0 saturated carbocycles. The highest BCUT2D eigenvalue weighted by Crippen LogP contribution is 2.38. The average Bonchev–Trinajstić information content (AvgIpc) is 3.14. The number of ether oxygens (including phenoxy) is 2. The third-order valence-corrected chi connectivity index (χ3v) is 10.1. The van der Waals surface area contributed by atoms with E-state index in [4.69, 9.17) is 18.5 Å². The molecular weight excluding hydrogens is 729 g/mol. The van der Waals surface area contributed by atoms with Gasteiger partial charge in [0.1, 0.15) is 19.8 Å². The molecule has 2 unspecified atom stereocenters. The molecule has 0 aromatic rings. The number of unbranched alkanes of at least 4 members (excludes halogenated alkanes) is 17. The van der Waals surface area contributed by atoms with Crippen molar-refractivity contribution in [3.8, 4) is 0 Å². The molecule has 0 bridgehead atoms. The van der Waals surface area contributed by atoms with E-state index in [9.17, 15) is 24.2 Å². The lowest BCUT2D eigenvalue weighted by atomic mass is 10.0. The molecule has 0 radical (unpaired) electrons. The first kappa shape index (κ1) is 53.9. The fraction of sp³-hybridized carbons (Fsp3) is 0.778. The number of esters is 2. The number of quaternary nitrogens is 1. The van der Waals surface area contributed by atoms with Crippen LogP contribution in [0, 0.1) is 0 Å². The summed E-state index contributed by atoms with van der Waals surface area (Å²) < 4.78 is 33.7. The van der Waals surface area contributed by atoms with E-state index in [1.54, 1.807) is 12.2 Å². The normalized spacial score (nSPS) is 14.6. The van der Waals surface area contributed by atoms with Crippen molar-refractivity contribution in [3.05, 3.63) is 48.6 Å². The summed E-state index contributed by atoms with van der Waals surface area (Å²) in [6, 6.07) is 0. The summed E-state index contributed by atoms with van der Waals surface area (Å²) in [7, 11) is 1.08. The number of phosphoric ester groups is 1. The number of carbonyl (C=O) groups excluding carboxylic acids is 2. The van der Waals surface area contributed by atoms with E-state index in [2.05, 4.69) is 32.1 Å². The van der Waals surface area contributed by atoms with Crippen molar-refractivity contribution in [1.29, 1.82) is 0 Å². The fourth-order valence-electron chi connectivity index (χ4n) is 5.67. The maximum Gasteiger partial charge on any atom is 0.306 e. The fourth-order valence-corrected chi connectivity index (χ4v) is 6.40. The number of hydrogen-bond acceptors (Lipinski definition) is 9. The molecule has 11 heteroatoms. The Bertz CT molecular complexity index is 1120. The van der Waals surface area contributed by atoms with Crippen LogP contribution < -0.4 is 4.89 Å². The number of nitrogens with zero attached hydrogens (tertiary/aromatic N) is 1. The zero-order valence-electron chi connectivity index (χ0n) is 36.2. The minimum Gasteiger partial charge on any atom is -0.756 e. The van der Waals surface area contributed by atoms with Gasteiger partial charge in [-0.3, -0.25) is 14.2 Å². The number of hydrogen-bond donors (Lipinski definition) is 1. The first-order valence-corrected chi connectivity index (χ1v) is 23.4. The lowest BCUT2D eigenvalue weighted by Crippen LogP contribution is -2.37. The van der Waals surface area contributed by atoms with Gasteiger partial charge in [0.05, 0.1) is 33.9 Å². The van der Waals surface area contributed by atoms with Crippen molar-refractivity contribution in [2.75, 3.05) is 47.5 Å². The monoisotopic (exact) mass is 812 g/mol. The van der Waals surface area contributed by atoms with Crippen LogP contribution in [-0.4, -0.2) is 81.2 Å². The van der Waals surface area contributed by atoms with Gasteiger partial charge in [-0.25, -0.2) is 0 Å². The molecule has 1 N–H and O–H groups in total. The molecule has 0 amide bonds. The highest BCUT2D eigenvalue weighted by molar-refractivity contribution is 7.45. The SMILES string of the molecule is CCCCC/C=C\C/C=C\CC(O)/C=C\C=C\CCCC(=O)O[C@H](COC(=O)CCCCCCCCCCCCCCCC)COP(=O)([O-])OCC[N+](C)(C)C. The van der Waals surface area contributed by atoms with E-state index < -0.39 is 38.6 Å². The number of aliphatic hydroxyl groups is 1. The Morgan fingerprint density at radius 3 is 1.84 bits per heavy atom. The van der Waals surface area contributed by atoms with Gasteiger partial charge in [0.25, 0.3) is 7.82 Å². The van der Waals surface area contributed by atoms with Gasteiger partial charge >= 0.3 is 11.9 Å². The van der Waals surface area contributed by atoms with Crippen LogP contribution in [0.3, 0.4) is 0 Å². The predicted octanol–water partition coefficient (Wildman–Crippen LogP) is 10.6. The predicted molar refractivity (Wildman–Crippen MR) is 228 cm³/mol. The minimum absolute atomic E-state index is 0.0568. The third-order valence-electron chi connectivity index (χ3n) is 9.18. The number of allylic oxidation sites excluding steroid dienone is 6. The van der Waals surface area contributed by atoms with Crippen LogP contribution in [0.4, 0.5) is 0 Å². The van der Waals surface area contributed by atoms with Crippen LogP contribution in [0.15, 0.2) is 48.6 Å². The second-order valence-electron chi connectivity index (χ2n) is 15.9. The van der Waals surface area contributed by atoms with Crippen molar-refractivity contribution in [3.63, 3.8) is 0 Å². The summed E-state index contributed by atoms with van der Waals surface area (Å²) in [4.78, 5) is 37.5. The second-order valence-corrected chi connectivity index (χ2v) is 17.3. The van der Waals surface area contributed by atoms with Gasteiger partial charge in [-0.2, -0.15) is 0 Å². The number of rotatable bonds is 39. The molecule has 0 fully saturated rings. The Balaban J connectivity index is 4.55.